The summed E-state index contributed by atoms with van der Waals surface area (Å²) in [7, 11) is 0. The van der Waals surface area contributed by atoms with E-state index >= 15 is 0 Å². The van der Waals surface area contributed by atoms with Crippen LogP contribution >= 0.6 is 0 Å². The van der Waals surface area contributed by atoms with Crippen molar-refractivity contribution in [1.29, 1.82) is 0 Å². The summed E-state index contributed by atoms with van der Waals surface area (Å²) in [5.41, 5.74) is 0.455. The number of nitrogens with zero attached hydrogens (tertiary/aromatic N) is 1. The van der Waals surface area contributed by atoms with Crippen molar-refractivity contribution in [3.63, 3.8) is 0 Å². The number of carbonyl (C=O) groups excluding carboxylic acids is 3. The van der Waals surface area contributed by atoms with Crippen LogP contribution < -0.4 is 10.2 Å². The van der Waals surface area contributed by atoms with Crippen LogP contribution in [0.25, 0.3) is 0 Å². The summed E-state index contributed by atoms with van der Waals surface area (Å²) in [5, 5.41) is 2.30. The molecule has 1 aromatic carbocycles. The van der Waals surface area contributed by atoms with Crippen LogP contribution in [0.3, 0.4) is 0 Å². The van der Waals surface area contributed by atoms with E-state index in [0.29, 0.717) is 18.5 Å². The Morgan fingerprint density at radius 1 is 1.21 bits per heavy atom. The molecule has 0 radical (unpaired) electrons. The number of hydrogen-bond acceptors (Lipinski definition) is 3. The second-order valence-electron chi connectivity index (χ2n) is 5.17. The smallest absolute Gasteiger partial charge is 0.276 e. The lowest BCUT2D eigenvalue weighted by molar-refractivity contribution is -0.148. The van der Waals surface area contributed by atoms with Crippen LogP contribution in [-0.4, -0.2) is 17.8 Å². The van der Waals surface area contributed by atoms with Crippen molar-refractivity contribution in [3.8, 4) is 0 Å². The van der Waals surface area contributed by atoms with Gasteiger partial charge in [-0.3, -0.25) is 14.9 Å². The fourth-order valence-corrected chi connectivity index (χ4v) is 2.65. The van der Waals surface area contributed by atoms with E-state index in [-0.39, 0.29) is 0 Å². The first-order valence-corrected chi connectivity index (χ1v) is 6.31. The Bertz CT molecular complexity index is 590. The van der Waals surface area contributed by atoms with Crippen LogP contribution in [0.1, 0.15) is 24.8 Å². The van der Waals surface area contributed by atoms with Gasteiger partial charge in [-0.1, -0.05) is 18.6 Å². The normalized spacial score (nSPS) is 21.3. The predicted octanol–water partition coefficient (Wildman–Crippen LogP) is 1.75. The number of carbonyl (C=O) groups is 3. The lowest BCUT2D eigenvalue weighted by Crippen LogP contribution is -2.66. The van der Waals surface area contributed by atoms with Crippen LogP contribution in [0.15, 0.2) is 24.3 Å². The van der Waals surface area contributed by atoms with E-state index in [4.69, 9.17) is 0 Å². The molecule has 1 saturated heterocycles. The quantitative estimate of drug-likeness (QED) is 0.780. The van der Waals surface area contributed by atoms with Crippen LogP contribution in [0.5, 0.6) is 0 Å². The number of amides is 4. The summed E-state index contributed by atoms with van der Waals surface area (Å²) >= 11 is 0. The molecule has 1 aromatic rings. The zero-order chi connectivity index (χ0) is 13.6. The number of imide groups is 2. The lowest BCUT2D eigenvalue weighted by Gasteiger charge is -2.44. The molecule has 19 heavy (non-hydrogen) atoms. The van der Waals surface area contributed by atoms with E-state index in [1.807, 2.05) is 13.0 Å². The van der Waals surface area contributed by atoms with Gasteiger partial charge in [0, 0.05) is 0 Å². The molecule has 1 spiro atoms. The third-order valence-electron chi connectivity index (χ3n) is 3.94. The summed E-state index contributed by atoms with van der Waals surface area (Å²) in [4.78, 5) is 37.4. The number of anilines is 1. The Labute approximate surface area is 110 Å². The molecule has 1 saturated carbocycles. The van der Waals surface area contributed by atoms with E-state index in [9.17, 15) is 14.4 Å². The van der Waals surface area contributed by atoms with Crippen LogP contribution in [0, 0.1) is 12.3 Å². The van der Waals surface area contributed by atoms with Gasteiger partial charge in [-0.05, 0) is 37.5 Å². The lowest BCUT2D eigenvalue weighted by atomic mass is 9.66. The van der Waals surface area contributed by atoms with E-state index in [0.717, 1.165) is 16.9 Å². The molecule has 2 fully saturated rings. The Kier molecular flexibility index (Phi) is 2.45. The van der Waals surface area contributed by atoms with Crippen molar-refractivity contribution >= 4 is 23.5 Å². The number of benzene rings is 1. The first-order valence-electron chi connectivity index (χ1n) is 6.31. The van der Waals surface area contributed by atoms with Crippen molar-refractivity contribution in [1.82, 2.24) is 5.32 Å². The predicted molar refractivity (Wildman–Crippen MR) is 68.5 cm³/mol. The minimum Gasteiger partial charge on any atom is -0.276 e. The number of barbiturate groups is 1. The van der Waals surface area contributed by atoms with Gasteiger partial charge in [0.15, 0.2) is 0 Å². The topological polar surface area (TPSA) is 66.5 Å². The second kappa shape index (κ2) is 3.91. The van der Waals surface area contributed by atoms with Gasteiger partial charge in [0.1, 0.15) is 5.41 Å². The number of urea groups is 1. The van der Waals surface area contributed by atoms with Gasteiger partial charge in [-0.15, -0.1) is 0 Å². The summed E-state index contributed by atoms with van der Waals surface area (Å²) in [6.45, 7) is 1.89. The van der Waals surface area contributed by atoms with Gasteiger partial charge in [0.25, 0.3) is 5.91 Å². The van der Waals surface area contributed by atoms with Gasteiger partial charge in [0.2, 0.25) is 5.91 Å². The highest BCUT2D eigenvalue weighted by atomic mass is 16.2. The third kappa shape index (κ3) is 1.58. The van der Waals surface area contributed by atoms with E-state index in [1.165, 1.54) is 0 Å². The summed E-state index contributed by atoms with van der Waals surface area (Å²) in [5.74, 6) is -0.837. The summed E-state index contributed by atoms with van der Waals surface area (Å²) in [6.07, 6.45) is 1.88. The maximum Gasteiger partial charge on any atom is 0.335 e. The molecular weight excluding hydrogens is 244 g/mol. The highest BCUT2D eigenvalue weighted by Crippen LogP contribution is 2.45. The van der Waals surface area contributed by atoms with Crippen molar-refractivity contribution < 1.29 is 14.4 Å². The fourth-order valence-electron chi connectivity index (χ4n) is 2.65. The second-order valence-corrected chi connectivity index (χ2v) is 5.17. The molecule has 0 bridgehead atoms. The van der Waals surface area contributed by atoms with E-state index < -0.39 is 23.3 Å². The molecule has 4 amide bonds. The number of aryl methyl sites for hydroxylation is 1. The van der Waals surface area contributed by atoms with Crippen LogP contribution in [-0.2, 0) is 9.59 Å². The average molecular weight is 258 g/mol. The maximum absolute atomic E-state index is 12.5. The largest absolute Gasteiger partial charge is 0.335 e. The third-order valence-corrected chi connectivity index (χ3v) is 3.94. The summed E-state index contributed by atoms with van der Waals surface area (Å²) in [6, 6.07) is 6.49. The molecule has 1 aliphatic heterocycles. The van der Waals surface area contributed by atoms with E-state index in [1.54, 1.807) is 18.2 Å². The first-order chi connectivity index (χ1) is 9.04. The molecular formula is C14H14N2O3. The summed E-state index contributed by atoms with van der Waals surface area (Å²) < 4.78 is 0. The molecule has 98 valence electrons. The molecule has 1 heterocycles. The minimum atomic E-state index is -1.02. The van der Waals surface area contributed by atoms with Gasteiger partial charge < -0.3 is 0 Å². The molecule has 3 rings (SSSR count). The molecule has 5 heteroatoms. The Balaban J connectivity index is 2.03. The molecule has 0 atom stereocenters. The number of nitrogens with one attached hydrogen (secondary N) is 1. The first kappa shape index (κ1) is 11.9. The molecule has 1 N–H and O–H groups in total. The highest BCUT2D eigenvalue weighted by molar-refractivity contribution is 6.30. The number of hydrogen-bond donors (Lipinski definition) is 1. The van der Waals surface area contributed by atoms with Gasteiger partial charge in [-0.2, -0.15) is 0 Å². The molecule has 5 nitrogen and oxygen atoms in total. The molecule has 0 aromatic heterocycles. The highest BCUT2D eigenvalue weighted by Gasteiger charge is 2.57. The van der Waals surface area contributed by atoms with Crippen molar-refractivity contribution in [3.05, 3.63) is 29.8 Å². The van der Waals surface area contributed by atoms with E-state index in [2.05, 4.69) is 5.32 Å². The van der Waals surface area contributed by atoms with Crippen LogP contribution in [0.2, 0.25) is 0 Å². The Morgan fingerprint density at radius 2 is 1.95 bits per heavy atom. The van der Waals surface area contributed by atoms with Crippen molar-refractivity contribution in [2.45, 2.75) is 26.2 Å². The Hall–Kier alpha value is -2.17. The molecule has 1 aliphatic carbocycles. The van der Waals surface area contributed by atoms with Crippen molar-refractivity contribution in [2.75, 3.05) is 4.90 Å². The molecule has 0 unspecified atom stereocenters. The SMILES string of the molecule is Cc1cccc(N2C(=O)NC(=O)C3(CCC3)C2=O)c1. The van der Waals surface area contributed by atoms with Gasteiger partial charge in [0.05, 0.1) is 5.69 Å². The van der Waals surface area contributed by atoms with Gasteiger partial charge >= 0.3 is 6.03 Å². The Morgan fingerprint density at radius 3 is 2.53 bits per heavy atom. The minimum absolute atomic E-state index is 0.391. The van der Waals surface area contributed by atoms with Crippen LogP contribution in [0.4, 0.5) is 10.5 Å². The monoisotopic (exact) mass is 258 g/mol. The zero-order valence-corrected chi connectivity index (χ0v) is 10.6. The molecule has 2 aliphatic rings. The average Bonchev–Trinajstić information content (AvgIpc) is 2.26. The number of rotatable bonds is 1. The standard InChI is InChI=1S/C14H14N2O3/c1-9-4-2-5-10(8-9)16-12(18)14(6-3-7-14)11(17)15-13(16)19/h2,4-5,8H,3,6-7H2,1H3,(H,15,17,19). The zero-order valence-electron chi connectivity index (χ0n) is 10.6. The fraction of sp³-hybridized carbons (Fsp3) is 0.357. The maximum atomic E-state index is 12.5. The van der Waals surface area contributed by atoms with Gasteiger partial charge in [-0.25, -0.2) is 9.69 Å². The van der Waals surface area contributed by atoms with Crippen molar-refractivity contribution in [2.24, 2.45) is 5.41 Å².